The van der Waals surface area contributed by atoms with Gasteiger partial charge in [-0.1, -0.05) is 58.9 Å². The van der Waals surface area contributed by atoms with Gasteiger partial charge in [-0.15, -0.1) is 0 Å². The van der Waals surface area contributed by atoms with Crippen LogP contribution >= 0.6 is 0 Å². The molecular formula is C19H32N2O2. The van der Waals surface area contributed by atoms with Crippen LogP contribution in [0.1, 0.15) is 64.7 Å². The largest absolute Gasteiger partial charge is 0.387 e. The van der Waals surface area contributed by atoms with E-state index in [2.05, 4.69) is 26.1 Å². The first kappa shape index (κ1) is 19.7. The number of carbonyl (C=O) groups is 1. The molecular weight excluding hydrogens is 288 g/mol. The molecule has 23 heavy (non-hydrogen) atoms. The van der Waals surface area contributed by atoms with Crippen LogP contribution in [0.15, 0.2) is 24.3 Å². The minimum atomic E-state index is -0.711. The predicted octanol–water partition coefficient (Wildman–Crippen LogP) is 2.90. The number of benzene rings is 1. The van der Waals surface area contributed by atoms with Crippen LogP contribution in [0.3, 0.4) is 0 Å². The van der Waals surface area contributed by atoms with Crippen LogP contribution < -0.4 is 11.1 Å². The molecule has 0 fully saturated rings. The van der Waals surface area contributed by atoms with Gasteiger partial charge >= 0.3 is 0 Å². The van der Waals surface area contributed by atoms with Crippen molar-refractivity contribution in [3.63, 3.8) is 0 Å². The zero-order valence-corrected chi connectivity index (χ0v) is 15.1. The van der Waals surface area contributed by atoms with Crippen molar-refractivity contribution >= 4 is 5.91 Å². The molecule has 0 radical (unpaired) electrons. The Morgan fingerprint density at radius 1 is 1.17 bits per heavy atom. The van der Waals surface area contributed by atoms with Crippen molar-refractivity contribution < 1.29 is 9.90 Å². The molecule has 0 heterocycles. The number of aliphatic hydroxyl groups is 1. The maximum Gasteiger partial charge on any atom is 0.227 e. The van der Waals surface area contributed by atoms with Crippen LogP contribution in [-0.2, 0) is 10.2 Å². The molecule has 1 atom stereocenters. The van der Waals surface area contributed by atoms with Gasteiger partial charge in [-0.3, -0.25) is 4.79 Å². The van der Waals surface area contributed by atoms with E-state index < -0.39 is 11.5 Å². The number of carbonyl (C=O) groups excluding carboxylic acids is 1. The third-order valence-corrected chi connectivity index (χ3v) is 4.84. The highest BCUT2D eigenvalue weighted by molar-refractivity contribution is 5.82. The number of hydrogen-bond acceptors (Lipinski definition) is 3. The fraction of sp³-hybridized carbons (Fsp3) is 0.632. The second-order valence-corrected chi connectivity index (χ2v) is 7.29. The van der Waals surface area contributed by atoms with Crippen molar-refractivity contribution in [1.29, 1.82) is 0 Å². The predicted molar refractivity (Wildman–Crippen MR) is 95.2 cm³/mol. The van der Waals surface area contributed by atoms with Crippen molar-refractivity contribution in [3.05, 3.63) is 35.4 Å². The van der Waals surface area contributed by atoms with Crippen molar-refractivity contribution in [1.82, 2.24) is 5.32 Å². The summed E-state index contributed by atoms with van der Waals surface area (Å²) in [6, 6.07) is 7.91. The average Bonchev–Trinajstić information content (AvgIpc) is 2.54. The molecule has 0 aliphatic carbocycles. The van der Waals surface area contributed by atoms with Gasteiger partial charge in [-0.2, -0.15) is 0 Å². The Morgan fingerprint density at radius 2 is 1.70 bits per heavy atom. The lowest BCUT2D eigenvalue weighted by atomic mass is 9.81. The second-order valence-electron chi connectivity index (χ2n) is 7.29. The minimum absolute atomic E-state index is 0.0737. The summed E-state index contributed by atoms with van der Waals surface area (Å²) in [5, 5.41) is 13.2. The van der Waals surface area contributed by atoms with Crippen molar-refractivity contribution in [2.24, 2.45) is 11.1 Å². The van der Waals surface area contributed by atoms with Crippen LogP contribution in [-0.4, -0.2) is 24.1 Å². The molecule has 0 saturated heterocycles. The van der Waals surface area contributed by atoms with E-state index in [0.29, 0.717) is 19.4 Å². The fourth-order valence-electron chi connectivity index (χ4n) is 2.65. The van der Waals surface area contributed by atoms with E-state index in [1.807, 2.05) is 38.1 Å². The van der Waals surface area contributed by atoms with Gasteiger partial charge < -0.3 is 16.2 Å². The molecule has 4 N–H and O–H groups in total. The van der Waals surface area contributed by atoms with Crippen LogP contribution in [0.4, 0.5) is 0 Å². The van der Waals surface area contributed by atoms with Crippen LogP contribution in [0, 0.1) is 5.41 Å². The van der Waals surface area contributed by atoms with Gasteiger partial charge in [0.1, 0.15) is 0 Å². The molecule has 4 nitrogen and oxygen atoms in total. The van der Waals surface area contributed by atoms with Crippen LogP contribution in [0.2, 0.25) is 0 Å². The Hall–Kier alpha value is -1.39. The molecule has 0 bridgehead atoms. The maximum absolute atomic E-state index is 12.4. The van der Waals surface area contributed by atoms with Gasteiger partial charge in [0.05, 0.1) is 11.5 Å². The summed E-state index contributed by atoms with van der Waals surface area (Å²) in [4.78, 5) is 12.4. The van der Waals surface area contributed by atoms with Gasteiger partial charge in [-0.25, -0.2) is 0 Å². The van der Waals surface area contributed by atoms with Crippen molar-refractivity contribution in [2.75, 3.05) is 13.1 Å². The molecule has 0 saturated carbocycles. The smallest absolute Gasteiger partial charge is 0.227 e. The maximum atomic E-state index is 12.4. The van der Waals surface area contributed by atoms with Gasteiger partial charge in [0.2, 0.25) is 5.91 Å². The summed E-state index contributed by atoms with van der Waals surface area (Å²) in [6.45, 7) is 10.9. The summed E-state index contributed by atoms with van der Waals surface area (Å²) in [5.74, 6) is -0.0737. The van der Waals surface area contributed by atoms with E-state index in [1.54, 1.807) is 0 Å². The van der Waals surface area contributed by atoms with Crippen LogP contribution in [0.5, 0.6) is 0 Å². The first-order valence-electron chi connectivity index (χ1n) is 8.47. The summed E-state index contributed by atoms with van der Waals surface area (Å²) in [5.41, 5.74) is 7.36. The third-order valence-electron chi connectivity index (χ3n) is 4.84. The molecule has 1 aromatic carbocycles. The summed E-state index contributed by atoms with van der Waals surface area (Å²) >= 11 is 0. The number of nitrogens with one attached hydrogen (secondary N) is 1. The zero-order chi connectivity index (χ0) is 17.7. The highest BCUT2D eigenvalue weighted by atomic mass is 16.3. The molecule has 1 amide bonds. The van der Waals surface area contributed by atoms with E-state index in [0.717, 1.165) is 5.56 Å². The van der Waals surface area contributed by atoms with Gasteiger partial charge in [0.15, 0.2) is 0 Å². The quantitative estimate of drug-likeness (QED) is 0.723. The van der Waals surface area contributed by atoms with E-state index in [-0.39, 0.29) is 17.9 Å². The molecule has 1 unspecified atom stereocenters. The molecule has 1 rings (SSSR count). The Balaban J connectivity index is 2.70. The minimum Gasteiger partial charge on any atom is -0.387 e. The first-order chi connectivity index (χ1) is 10.7. The van der Waals surface area contributed by atoms with Gasteiger partial charge in [0, 0.05) is 13.1 Å². The van der Waals surface area contributed by atoms with E-state index in [1.165, 1.54) is 5.56 Å². The highest BCUT2D eigenvalue weighted by Crippen LogP contribution is 2.26. The first-order valence-corrected chi connectivity index (χ1v) is 8.47. The Morgan fingerprint density at radius 3 is 2.09 bits per heavy atom. The van der Waals surface area contributed by atoms with E-state index >= 15 is 0 Å². The second kappa shape index (κ2) is 7.93. The Labute approximate surface area is 140 Å². The number of rotatable bonds is 7. The standard InChI is InChI=1S/C19H32N2O2/c1-6-19(7-2,13-20)17(23)21-12-16(22)14-8-10-15(11-9-14)18(3,4)5/h8-11,16,22H,6-7,12-13,20H2,1-5H3,(H,21,23). The van der Waals surface area contributed by atoms with E-state index in [9.17, 15) is 9.90 Å². The normalized spacial score (nSPS) is 13.7. The number of nitrogens with two attached hydrogens (primary N) is 1. The molecule has 0 spiro atoms. The molecule has 1 aromatic rings. The fourth-order valence-corrected chi connectivity index (χ4v) is 2.65. The molecule has 4 heteroatoms. The Bertz CT molecular complexity index is 491. The molecule has 0 aromatic heterocycles. The monoisotopic (exact) mass is 320 g/mol. The van der Waals surface area contributed by atoms with Crippen molar-refractivity contribution in [3.8, 4) is 0 Å². The third kappa shape index (κ3) is 4.79. The summed E-state index contributed by atoms with van der Waals surface area (Å²) < 4.78 is 0. The SMILES string of the molecule is CCC(CC)(CN)C(=O)NCC(O)c1ccc(C(C)(C)C)cc1. The lowest BCUT2D eigenvalue weighted by molar-refractivity contribution is -0.131. The molecule has 0 aliphatic rings. The van der Waals surface area contributed by atoms with Crippen LogP contribution in [0.25, 0.3) is 0 Å². The van der Waals surface area contributed by atoms with Crippen molar-refractivity contribution in [2.45, 2.75) is 59.0 Å². The summed E-state index contributed by atoms with van der Waals surface area (Å²) in [6.07, 6.45) is 0.682. The Kier molecular flexibility index (Phi) is 6.78. The number of hydrogen-bond donors (Lipinski definition) is 3. The lowest BCUT2D eigenvalue weighted by Gasteiger charge is -2.29. The molecule has 130 valence electrons. The highest BCUT2D eigenvalue weighted by Gasteiger charge is 2.33. The van der Waals surface area contributed by atoms with E-state index in [4.69, 9.17) is 5.73 Å². The zero-order valence-electron chi connectivity index (χ0n) is 15.1. The molecule has 0 aliphatic heterocycles. The average molecular weight is 320 g/mol. The topological polar surface area (TPSA) is 75.4 Å². The van der Waals surface area contributed by atoms with Gasteiger partial charge in [0.25, 0.3) is 0 Å². The number of aliphatic hydroxyl groups excluding tert-OH is 1. The van der Waals surface area contributed by atoms with Gasteiger partial charge in [-0.05, 0) is 29.4 Å². The summed E-state index contributed by atoms with van der Waals surface area (Å²) in [7, 11) is 0. The number of amides is 1. The lowest BCUT2D eigenvalue weighted by Crippen LogP contribution is -2.46.